The molecular weight excluding hydrogens is 567 g/mol. The minimum atomic E-state index is -1.86. The van der Waals surface area contributed by atoms with Gasteiger partial charge in [0.15, 0.2) is 0 Å². The van der Waals surface area contributed by atoms with E-state index in [1.54, 1.807) is 0 Å². The lowest BCUT2D eigenvalue weighted by atomic mass is 9.62. The zero-order chi connectivity index (χ0) is 29.8. The van der Waals surface area contributed by atoms with Gasteiger partial charge in [0.2, 0.25) is 5.91 Å². The number of nitrogens with zero attached hydrogens (tertiary/aromatic N) is 1. The van der Waals surface area contributed by atoms with Gasteiger partial charge in [-0.15, -0.1) is 0 Å². The highest BCUT2D eigenvalue weighted by Crippen LogP contribution is 2.53. The van der Waals surface area contributed by atoms with Gasteiger partial charge in [0.1, 0.15) is 29.7 Å². The lowest BCUT2D eigenvalue weighted by Gasteiger charge is -2.38. The minimum absolute atomic E-state index is 0.0847. The van der Waals surface area contributed by atoms with Crippen LogP contribution in [-0.2, 0) is 24.5 Å². The fourth-order valence-electron chi connectivity index (χ4n) is 5.48. The number of methoxy groups -OCH3 is 1. The summed E-state index contributed by atoms with van der Waals surface area (Å²) in [6.45, 7) is 3.43. The Morgan fingerprint density at radius 1 is 1.27 bits per heavy atom. The van der Waals surface area contributed by atoms with E-state index in [0.717, 1.165) is 6.07 Å². The first-order chi connectivity index (χ1) is 18.8. The standard InChI is InChI=1S/C28H31Cl2F2N3O5/c1-27(2,14-39-3)11-21-28(13-33,18-8-7-15(29)9-20(18)31)23(17-5-4-6-19(30)24(17)32)25(35-21)26(38)40-12-16(36)10-22(34)37/h4-9,16,21,23,25,35-36H,10-12,14H2,1-3H3,(H2,34,37)/t16-,21-,23-,25+,28-/m0/s1. The molecule has 1 aliphatic rings. The number of nitriles is 1. The van der Waals surface area contributed by atoms with E-state index in [0.29, 0.717) is 0 Å². The molecule has 0 radical (unpaired) electrons. The third-order valence-corrected chi connectivity index (χ3v) is 7.56. The highest BCUT2D eigenvalue weighted by molar-refractivity contribution is 6.31. The maximum absolute atomic E-state index is 15.7. The lowest BCUT2D eigenvalue weighted by Crippen LogP contribution is -2.46. The van der Waals surface area contributed by atoms with Crippen LogP contribution in [-0.4, -0.2) is 55.5 Å². The Bertz CT molecular complexity index is 1310. The normalized spacial score (nSPS) is 23.4. The van der Waals surface area contributed by atoms with Gasteiger partial charge >= 0.3 is 5.97 Å². The van der Waals surface area contributed by atoms with Gasteiger partial charge in [-0.05, 0) is 35.6 Å². The van der Waals surface area contributed by atoms with Crippen LogP contribution in [0.2, 0.25) is 10.0 Å². The van der Waals surface area contributed by atoms with Gasteiger partial charge in [-0.25, -0.2) is 8.78 Å². The Labute approximate surface area is 241 Å². The van der Waals surface area contributed by atoms with Crippen LogP contribution in [0.3, 0.4) is 0 Å². The first-order valence-electron chi connectivity index (χ1n) is 12.5. The molecule has 1 aliphatic heterocycles. The number of nitrogens with two attached hydrogens (primary N) is 1. The molecule has 8 nitrogen and oxygen atoms in total. The molecule has 2 aromatic rings. The molecule has 4 N–H and O–H groups in total. The van der Waals surface area contributed by atoms with Crippen molar-refractivity contribution >= 4 is 35.1 Å². The number of aliphatic hydroxyl groups is 1. The van der Waals surface area contributed by atoms with Crippen molar-refractivity contribution in [3.05, 3.63) is 69.2 Å². The summed E-state index contributed by atoms with van der Waals surface area (Å²) >= 11 is 12.1. The van der Waals surface area contributed by atoms with Crippen LogP contribution in [0, 0.1) is 28.4 Å². The van der Waals surface area contributed by atoms with Gasteiger partial charge in [0, 0.05) is 29.7 Å². The topological polar surface area (TPSA) is 135 Å². The predicted octanol–water partition coefficient (Wildman–Crippen LogP) is 4.00. The first-order valence-corrected chi connectivity index (χ1v) is 13.2. The zero-order valence-electron chi connectivity index (χ0n) is 22.2. The van der Waals surface area contributed by atoms with E-state index >= 15 is 8.78 Å². The fourth-order valence-corrected chi connectivity index (χ4v) is 5.82. The second kappa shape index (κ2) is 12.8. The average Bonchev–Trinajstić information content (AvgIpc) is 3.17. The number of aliphatic hydroxyl groups excluding tert-OH is 1. The van der Waals surface area contributed by atoms with Crippen LogP contribution in [0.1, 0.15) is 43.7 Å². The first kappa shape index (κ1) is 31.7. The van der Waals surface area contributed by atoms with Crippen LogP contribution in [0.4, 0.5) is 8.78 Å². The smallest absolute Gasteiger partial charge is 0.323 e. The maximum Gasteiger partial charge on any atom is 0.323 e. The Hall–Kier alpha value is -2.81. The molecule has 1 saturated heterocycles. The van der Waals surface area contributed by atoms with E-state index in [9.17, 15) is 20.0 Å². The van der Waals surface area contributed by atoms with Crippen molar-refractivity contribution in [2.24, 2.45) is 11.1 Å². The highest BCUT2D eigenvalue weighted by atomic mass is 35.5. The molecule has 0 aliphatic carbocycles. The molecule has 2 aromatic carbocycles. The number of ether oxygens (including phenoxy) is 2. The third-order valence-electron chi connectivity index (χ3n) is 7.03. The SMILES string of the molecule is COCC(C)(C)C[C@@H]1N[C@@H](C(=O)OC[C@@H](O)CC(N)=O)[C@H](c2cccc(Cl)c2F)[C@@]1(C#N)c1ccc(Cl)cc1F. The molecule has 0 aromatic heterocycles. The van der Waals surface area contributed by atoms with E-state index in [2.05, 4.69) is 11.4 Å². The molecule has 12 heteroatoms. The fraction of sp³-hybridized carbons (Fsp3) is 0.464. The highest BCUT2D eigenvalue weighted by Gasteiger charge is 2.61. The summed E-state index contributed by atoms with van der Waals surface area (Å²) in [6.07, 6.45) is -1.64. The molecular formula is C28H31Cl2F2N3O5. The van der Waals surface area contributed by atoms with Crippen LogP contribution in [0.15, 0.2) is 36.4 Å². The van der Waals surface area contributed by atoms with Gasteiger partial charge in [0.05, 0.1) is 30.2 Å². The summed E-state index contributed by atoms with van der Waals surface area (Å²) in [5.74, 6) is -4.79. The van der Waals surface area contributed by atoms with Crippen molar-refractivity contribution in [2.45, 2.75) is 56.2 Å². The number of hydrogen-bond acceptors (Lipinski definition) is 7. The summed E-state index contributed by atoms with van der Waals surface area (Å²) in [7, 11) is 1.52. The number of benzene rings is 2. The largest absolute Gasteiger partial charge is 0.462 e. The van der Waals surface area contributed by atoms with Crippen molar-refractivity contribution < 1.29 is 33.0 Å². The number of amides is 1. The van der Waals surface area contributed by atoms with E-state index < -0.39 is 71.5 Å². The summed E-state index contributed by atoms with van der Waals surface area (Å²) in [4.78, 5) is 24.7. The molecule has 1 heterocycles. The molecule has 0 bridgehead atoms. The van der Waals surface area contributed by atoms with Crippen LogP contribution < -0.4 is 11.1 Å². The van der Waals surface area contributed by atoms with Gasteiger partial charge in [-0.2, -0.15) is 5.26 Å². The second-order valence-corrected chi connectivity index (χ2v) is 11.5. The van der Waals surface area contributed by atoms with Crippen molar-refractivity contribution in [2.75, 3.05) is 20.3 Å². The number of hydrogen-bond donors (Lipinski definition) is 3. The average molecular weight is 598 g/mol. The Morgan fingerprint density at radius 2 is 1.98 bits per heavy atom. The van der Waals surface area contributed by atoms with Gasteiger partial charge in [-0.1, -0.05) is 55.2 Å². The Kier molecular flexibility index (Phi) is 10.1. The van der Waals surface area contributed by atoms with Crippen molar-refractivity contribution in [1.82, 2.24) is 5.32 Å². The number of halogens is 4. The molecule has 216 valence electrons. The van der Waals surface area contributed by atoms with E-state index in [-0.39, 0.29) is 34.2 Å². The maximum atomic E-state index is 15.7. The van der Waals surface area contributed by atoms with E-state index in [1.807, 2.05) is 13.8 Å². The molecule has 3 rings (SSSR count). The summed E-state index contributed by atoms with van der Waals surface area (Å²) in [5, 5.41) is 23.8. The number of esters is 1. The van der Waals surface area contributed by atoms with Crippen molar-refractivity contribution in [3.63, 3.8) is 0 Å². The van der Waals surface area contributed by atoms with Gasteiger partial charge in [0.25, 0.3) is 0 Å². The van der Waals surface area contributed by atoms with Crippen LogP contribution in [0.25, 0.3) is 0 Å². The molecule has 0 unspecified atom stereocenters. The Morgan fingerprint density at radius 3 is 2.58 bits per heavy atom. The van der Waals surface area contributed by atoms with Crippen molar-refractivity contribution in [1.29, 1.82) is 5.26 Å². The molecule has 1 fully saturated rings. The summed E-state index contributed by atoms with van der Waals surface area (Å²) in [6, 6.07) is 7.87. The molecule has 40 heavy (non-hydrogen) atoms. The number of rotatable bonds is 11. The lowest BCUT2D eigenvalue weighted by molar-refractivity contribution is -0.150. The summed E-state index contributed by atoms with van der Waals surface area (Å²) in [5.41, 5.74) is 2.45. The molecule has 0 saturated carbocycles. The van der Waals surface area contributed by atoms with Crippen LogP contribution in [0.5, 0.6) is 0 Å². The third kappa shape index (κ3) is 6.56. The number of nitrogens with one attached hydrogen (secondary N) is 1. The minimum Gasteiger partial charge on any atom is -0.462 e. The Balaban J connectivity index is 2.24. The molecule has 0 spiro atoms. The van der Waals surface area contributed by atoms with Crippen LogP contribution >= 0.6 is 23.2 Å². The predicted molar refractivity (Wildman–Crippen MR) is 145 cm³/mol. The number of carbonyl (C=O) groups is 2. The van der Waals surface area contributed by atoms with Crippen molar-refractivity contribution in [3.8, 4) is 6.07 Å². The summed E-state index contributed by atoms with van der Waals surface area (Å²) < 4.78 is 41.9. The quantitative estimate of drug-likeness (QED) is 0.333. The molecule has 5 atom stereocenters. The second-order valence-electron chi connectivity index (χ2n) is 10.7. The number of carbonyl (C=O) groups excluding carboxylic acids is 2. The zero-order valence-corrected chi connectivity index (χ0v) is 23.7. The molecule has 1 amide bonds. The monoisotopic (exact) mass is 597 g/mol. The number of primary amides is 1. The van der Waals surface area contributed by atoms with E-state index in [1.165, 1.54) is 37.4 Å². The van der Waals surface area contributed by atoms with Gasteiger partial charge in [-0.3, -0.25) is 14.9 Å². The van der Waals surface area contributed by atoms with E-state index in [4.69, 9.17) is 38.4 Å². The van der Waals surface area contributed by atoms with Gasteiger partial charge < -0.3 is 20.3 Å².